The highest BCUT2D eigenvalue weighted by Gasteiger charge is 2.37. The van der Waals surface area contributed by atoms with Crippen molar-refractivity contribution in [1.29, 1.82) is 0 Å². The highest BCUT2D eigenvalue weighted by atomic mass is 16.5. The summed E-state index contributed by atoms with van der Waals surface area (Å²) in [6.45, 7) is 3.13. The van der Waals surface area contributed by atoms with Crippen LogP contribution in [0.5, 0.6) is 0 Å². The lowest BCUT2D eigenvalue weighted by Crippen LogP contribution is -2.48. The summed E-state index contributed by atoms with van der Waals surface area (Å²) in [6, 6.07) is 3.16. The second-order valence-electron chi connectivity index (χ2n) is 6.54. The molecule has 0 amide bonds. The summed E-state index contributed by atoms with van der Waals surface area (Å²) in [6.07, 6.45) is 10.7. The fourth-order valence-electron chi connectivity index (χ4n) is 3.77. The highest BCUT2D eigenvalue weighted by molar-refractivity contribution is 5.06. The van der Waals surface area contributed by atoms with Crippen LogP contribution >= 0.6 is 0 Å². The van der Waals surface area contributed by atoms with Gasteiger partial charge in [0.15, 0.2) is 0 Å². The zero-order valence-electron chi connectivity index (χ0n) is 12.8. The number of hydrogen-bond donors (Lipinski definition) is 1. The van der Waals surface area contributed by atoms with Crippen molar-refractivity contribution in [2.24, 2.45) is 0 Å². The van der Waals surface area contributed by atoms with Gasteiger partial charge in [-0.1, -0.05) is 12.8 Å². The maximum atomic E-state index is 5.98. The Morgan fingerprint density at radius 3 is 2.90 bits per heavy atom. The Hall–Kier alpha value is -0.870. The molecular formula is C16H27N3O. The van der Waals surface area contributed by atoms with Crippen molar-refractivity contribution in [2.45, 2.75) is 69.6 Å². The maximum Gasteiger partial charge on any atom is 0.0811 e. The molecule has 2 unspecified atom stereocenters. The molecule has 2 heterocycles. The Bertz CT molecular complexity index is 431. The Morgan fingerprint density at radius 1 is 1.45 bits per heavy atom. The predicted molar refractivity (Wildman–Crippen MR) is 79.9 cm³/mol. The van der Waals surface area contributed by atoms with Gasteiger partial charge in [-0.3, -0.25) is 4.68 Å². The summed E-state index contributed by atoms with van der Waals surface area (Å²) in [4.78, 5) is 0. The van der Waals surface area contributed by atoms with E-state index in [2.05, 4.69) is 29.2 Å². The van der Waals surface area contributed by atoms with Gasteiger partial charge in [-0.05, 0) is 45.7 Å². The first-order valence-corrected chi connectivity index (χ1v) is 8.06. The van der Waals surface area contributed by atoms with Gasteiger partial charge in [-0.2, -0.15) is 5.10 Å². The SMILES string of the molecule is CNC(Cc1ccn(C2CCCC2)n1)C1(C)CCCO1. The summed E-state index contributed by atoms with van der Waals surface area (Å²) in [5.41, 5.74) is 1.15. The summed E-state index contributed by atoms with van der Waals surface area (Å²) in [5.74, 6) is 0. The molecule has 0 spiro atoms. The van der Waals surface area contributed by atoms with E-state index in [1.165, 1.54) is 37.8 Å². The lowest BCUT2D eigenvalue weighted by Gasteiger charge is -2.32. The van der Waals surface area contributed by atoms with E-state index in [4.69, 9.17) is 9.84 Å². The van der Waals surface area contributed by atoms with Crippen LogP contribution in [0.25, 0.3) is 0 Å². The second kappa shape index (κ2) is 5.86. The summed E-state index contributed by atoms with van der Waals surface area (Å²) < 4.78 is 8.16. The molecule has 1 aliphatic carbocycles. The molecule has 0 bridgehead atoms. The highest BCUT2D eigenvalue weighted by Crippen LogP contribution is 2.31. The zero-order valence-corrected chi connectivity index (χ0v) is 12.8. The number of likely N-dealkylation sites (N-methyl/N-ethyl adjacent to an activating group) is 1. The van der Waals surface area contributed by atoms with Gasteiger partial charge in [-0.15, -0.1) is 0 Å². The van der Waals surface area contributed by atoms with Gasteiger partial charge in [0.1, 0.15) is 0 Å². The van der Waals surface area contributed by atoms with Gasteiger partial charge in [0, 0.05) is 25.3 Å². The minimum absolute atomic E-state index is 0.0358. The lowest BCUT2D eigenvalue weighted by molar-refractivity contribution is -0.00971. The predicted octanol–water partition coefficient (Wildman–Crippen LogP) is 2.70. The van der Waals surface area contributed by atoms with Gasteiger partial charge in [0.25, 0.3) is 0 Å². The molecule has 2 fully saturated rings. The molecule has 2 atom stereocenters. The molecule has 112 valence electrons. The van der Waals surface area contributed by atoms with E-state index < -0.39 is 0 Å². The first kappa shape index (κ1) is 14.1. The van der Waals surface area contributed by atoms with Crippen molar-refractivity contribution in [1.82, 2.24) is 15.1 Å². The molecule has 4 nitrogen and oxygen atoms in total. The Kier molecular flexibility index (Phi) is 4.13. The number of ether oxygens (including phenoxy) is 1. The third-order valence-corrected chi connectivity index (χ3v) is 5.11. The Balaban J connectivity index is 1.66. The maximum absolute atomic E-state index is 5.98. The van der Waals surface area contributed by atoms with Gasteiger partial charge in [-0.25, -0.2) is 0 Å². The molecule has 4 heteroatoms. The van der Waals surface area contributed by atoms with Crippen LogP contribution in [0.4, 0.5) is 0 Å². The van der Waals surface area contributed by atoms with Crippen LogP contribution in [0.15, 0.2) is 12.3 Å². The third kappa shape index (κ3) is 2.77. The summed E-state index contributed by atoms with van der Waals surface area (Å²) >= 11 is 0. The topological polar surface area (TPSA) is 39.1 Å². The monoisotopic (exact) mass is 277 g/mol. The Morgan fingerprint density at radius 2 is 2.25 bits per heavy atom. The molecule has 0 aromatic carbocycles. The number of nitrogens with zero attached hydrogens (tertiary/aromatic N) is 2. The van der Waals surface area contributed by atoms with E-state index in [9.17, 15) is 0 Å². The number of aromatic nitrogens is 2. The number of nitrogens with one attached hydrogen (secondary N) is 1. The van der Waals surface area contributed by atoms with Crippen molar-refractivity contribution >= 4 is 0 Å². The van der Waals surface area contributed by atoms with Crippen molar-refractivity contribution in [2.75, 3.05) is 13.7 Å². The van der Waals surface area contributed by atoms with Crippen molar-refractivity contribution in [3.63, 3.8) is 0 Å². The molecule has 1 aromatic heterocycles. The van der Waals surface area contributed by atoms with Gasteiger partial charge in [0.2, 0.25) is 0 Å². The van der Waals surface area contributed by atoms with E-state index >= 15 is 0 Å². The molecule has 3 rings (SSSR count). The molecule has 2 aliphatic rings. The van der Waals surface area contributed by atoms with E-state index in [1.54, 1.807) is 0 Å². The zero-order chi connectivity index (χ0) is 14.0. The molecule has 1 saturated carbocycles. The van der Waals surface area contributed by atoms with Crippen molar-refractivity contribution < 1.29 is 4.74 Å². The van der Waals surface area contributed by atoms with Crippen LogP contribution in [-0.4, -0.2) is 35.1 Å². The summed E-state index contributed by atoms with van der Waals surface area (Å²) in [5, 5.41) is 8.24. The van der Waals surface area contributed by atoms with Gasteiger partial charge >= 0.3 is 0 Å². The molecule has 1 N–H and O–H groups in total. The smallest absolute Gasteiger partial charge is 0.0811 e. The van der Waals surface area contributed by atoms with Gasteiger partial charge < -0.3 is 10.1 Å². The largest absolute Gasteiger partial charge is 0.374 e. The fourth-order valence-corrected chi connectivity index (χ4v) is 3.77. The van der Waals surface area contributed by atoms with Crippen LogP contribution in [-0.2, 0) is 11.2 Å². The average Bonchev–Trinajstić information content (AvgIpc) is 3.17. The molecule has 1 aliphatic heterocycles. The molecule has 0 radical (unpaired) electrons. The third-order valence-electron chi connectivity index (χ3n) is 5.11. The van der Waals surface area contributed by atoms with E-state index in [1.807, 2.05) is 7.05 Å². The number of rotatable bonds is 5. The van der Waals surface area contributed by atoms with E-state index in [0.717, 1.165) is 19.4 Å². The van der Waals surface area contributed by atoms with Crippen LogP contribution < -0.4 is 5.32 Å². The molecular weight excluding hydrogens is 250 g/mol. The van der Waals surface area contributed by atoms with Gasteiger partial charge in [0.05, 0.1) is 17.3 Å². The fraction of sp³-hybridized carbons (Fsp3) is 0.812. The average molecular weight is 277 g/mol. The molecule has 1 aromatic rings. The van der Waals surface area contributed by atoms with E-state index in [-0.39, 0.29) is 5.60 Å². The van der Waals surface area contributed by atoms with Crippen LogP contribution in [0.2, 0.25) is 0 Å². The van der Waals surface area contributed by atoms with E-state index in [0.29, 0.717) is 12.1 Å². The molecule has 20 heavy (non-hydrogen) atoms. The number of hydrogen-bond acceptors (Lipinski definition) is 3. The second-order valence-corrected chi connectivity index (χ2v) is 6.54. The first-order valence-electron chi connectivity index (χ1n) is 8.06. The van der Waals surface area contributed by atoms with Crippen molar-refractivity contribution in [3.8, 4) is 0 Å². The lowest BCUT2D eigenvalue weighted by atomic mass is 9.90. The minimum Gasteiger partial charge on any atom is -0.374 e. The van der Waals surface area contributed by atoms with Crippen LogP contribution in [0, 0.1) is 0 Å². The van der Waals surface area contributed by atoms with Crippen LogP contribution in [0.1, 0.15) is 57.2 Å². The minimum atomic E-state index is -0.0358. The Labute approximate surface area is 121 Å². The first-order chi connectivity index (χ1) is 9.71. The van der Waals surface area contributed by atoms with Crippen LogP contribution in [0.3, 0.4) is 0 Å². The van der Waals surface area contributed by atoms with Crippen molar-refractivity contribution in [3.05, 3.63) is 18.0 Å². The quantitative estimate of drug-likeness (QED) is 0.899. The summed E-state index contributed by atoms with van der Waals surface area (Å²) in [7, 11) is 2.03. The standard InChI is InChI=1S/C16H27N3O/c1-16(9-5-11-20-16)15(17-2)12-13-8-10-19(18-13)14-6-3-4-7-14/h8,10,14-15,17H,3-7,9,11-12H2,1-2H3. The normalized spacial score (nSPS) is 29.1. The molecule has 1 saturated heterocycles.